The Hall–Kier alpha value is -3.93. The topological polar surface area (TPSA) is 153 Å². The van der Waals surface area contributed by atoms with Crippen molar-refractivity contribution in [2.75, 3.05) is 7.11 Å². The number of nitro groups is 1. The van der Waals surface area contributed by atoms with Crippen LogP contribution in [0, 0.1) is 10.1 Å². The van der Waals surface area contributed by atoms with Gasteiger partial charge in [-0.2, -0.15) is 5.10 Å². The maximum absolute atomic E-state index is 11.7. The molecule has 0 radical (unpaired) electrons. The third-order valence-corrected chi connectivity index (χ3v) is 5.31. The van der Waals surface area contributed by atoms with E-state index in [1.165, 1.54) is 37.6 Å². The second-order valence-corrected chi connectivity index (χ2v) is 7.65. The zero-order chi connectivity index (χ0) is 23.1. The molecule has 0 saturated carbocycles. The van der Waals surface area contributed by atoms with Gasteiger partial charge >= 0.3 is 5.97 Å². The minimum Gasteiger partial charge on any atom is -0.496 e. The van der Waals surface area contributed by atoms with Crippen molar-refractivity contribution in [3.8, 4) is 11.5 Å². The van der Waals surface area contributed by atoms with Crippen molar-refractivity contribution in [1.82, 2.24) is 5.32 Å². The molecule has 1 unspecified atom stereocenters. The van der Waals surface area contributed by atoms with Gasteiger partial charge in [-0.05, 0) is 35.9 Å². The van der Waals surface area contributed by atoms with E-state index in [2.05, 4.69) is 15.5 Å². The molecule has 2 aromatic carbocycles. The third-order valence-electron chi connectivity index (χ3n) is 4.24. The summed E-state index contributed by atoms with van der Waals surface area (Å²) in [5.74, 6) is -0.427. The van der Waals surface area contributed by atoms with Gasteiger partial charge in [0.1, 0.15) is 23.4 Å². The number of carbonyl (C=O) groups excluding carboxylic acids is 1. The molecule has 0 bridgehead atoms. The van der Waals surface area contributed by atoms with Crippen LogP contribution >= 0.6 is 11.8 Å². The van der Waals surface area contributed by atoms with Gasteiger partial charge in [0.2, 0.25) is 5.91 Å². The molecule has 0 aromatic heterocycles. The number of benzene rings is 2. The summed E-state index contributed by atoms with van der Waals surface area (Å²) >= 11 is 1.01. The Morgan fingerprint density at radius 2 is 2.06 bits per heavy atom. The highest BCUT2D eigenvalue weighted by molar-refractivity contribution is 8.15. The number of amidine groups is 1. The Kier molecular flexibility index (Phi) is 7.39. The lowest BCUT2D eigenvalue weighted by molar-refractivity contribution is -0.384. The molecule has 2 N–H and O–H groups in total. The number of thioether (sulfide) groups is 1. The largest absolute Gasteiger partial charge is 0.496 e. The normalized spacial score (nSPS) is 16.8. The molecule has 1 saturated heterocycles. The number of ether oxygens (including phenoxy) is 2. The van der Waals surface area contributed by atoms with Gasteiger partial charge in [0, 0.05) is 17.7 Å². The summed E-state index contributed by atoms with van der Waals surface area (Å²) in [7, 11) is 1.53. The molecule has 1 fully saturated rings. The number of carboxylic acid groups (broad SMARTS) is 1. The molecular weight excluding hydrogens is 440 g/mol. The zero-order valence-electron chi connectivity index (χ0n) is 16.8. The number of hydrogen-bond donors (Lipinski definition) is 2. The highest BCUT2D eigenvalue weighted by atomic mass is 32.2. The highest BCUT2D eigenvalue weighted by Gasteiger charge is 2.32. The highest BCUT2D eigenvalue weighted by Crippen LogP contribution is 2.24. The molecule has 11 nitrogen and oxygen atoms in total. The molecule has 0 spiro atoms. The summed E-state index contributed by atoms with van der Waals surface area (Å²) in [5, 5.41) is 29.4. The average molecular weight is 458 g/mol. The fourth-order valence-corrected chi connectivity index (χ4v) is 3.63. The number of nitro benzene ring substituents is 1. The predicted molar refractivity (Wildman–Crippen MR) is 117 cm³/mol. The van der Waals surface area contributed by atoms with E-state index in [0.29, 0.717) is 22.6 Å². The molecule has 32 heavy (non-hydrogen) atoms. The number of nitrogens with zero attached hydrogens (tertiary/aromatic N) is 3. The Morgan fingerprint density at radius 1 is 1.31 bits per heavy atom. The molecule has 1 heterocycles. The summed E-state index contributed by atoms with van der Waals surface area (Å²) < 4.78 is 11.0. The van der Waals surface area contributed by atoms with Crippen molar-refractivity contribution in [2.45, 2.75) is 18.3 Å². The van der Waals surface area contributed by atoms with Crippen LogP contribution in [-0.2, 0) is 16.2 Å². The number of carbonyl (C=O) groups is 2. The van der Waals surface area contributed by atoms with Crippen LogP contribution in [0.3, 0.4) is 0 Å². The summed E-state index contributed by atoms with van der Waals surface area (Å²) in [4.78, 5) is 32.7. The van der Waals surface area contributed by atoms with E-state index >= 15 is 0 Å². The number of non-ortho nitro benzene ring substituents is 1. The van der Waals surface area contributed by atoms with Crippen molar-refractivity contribution in [3.05, 3.63) is 63.7 Å². The quantitative estimate of drug-likeness (QED) is 0.330. The molecule has 0 aliphatic carbocycles. The summed E-state index contributed by atoms with van der Waals surface area (Å²) in [6.07, 6.45) is 1.18. The first kappa shape index (κ1) is 22.7. The van der Waals surface area contributed by atoms with E-state index in [9.17, 15) is 19.7 Å². The van der Waals surface area contributed by atoms with E-state index in [4.69, 9.17) is 14.6 Å². The number of rotatable bonds is 9. The summed E-state index contributed by atoms with van der Waals surface area (Å²) in [6, 6.07) is 11.0. The standard InChI is InChI=1S/C20H18N4O7S/c1-30-16-7-2-12(10-21-23-20-22-19(27)17(32-20)9-18(25)26)8-13(16)11-31-15-5-3-14(4-6-15)24(28)29/h2-8,10,17H,9,11H2,1H3,(H,25,26)(H,22,23,27). The fourth-order valence-electron chi connectivity index (χ4n) is 2.71. The van der Waals surface area contributed by atoms with Gasteiger partial charge < -0.3 is 19.9 Å². The fraction of sp³-hybridized carbons (Fsp3) is 0.200. The lowest BCUT2D eigenvalue weighted by Gasteiger charge is -2.11. The van der Waals surface area contributed by atoms with Crippen molar-refractivity contribution in [1.29, 1.82) is 0 Å². The second-order valence-electron chi connectivity index (χ2n) is 6.45. The molecule has 2 aromatic rings. The lowest BCUT2D eigenvalue weighted by Crippen LogP contribution is -2.26. The first-order valence-electron chi connectivity index (χ1n) is 9.20. The van der Waals surface area contributed by atoms with Gasteiger partial charge in [-0.25, -0.2) is 0 Å². The molecule has 3 rings (SSSR count). The minimum atomic E-state index is -1.07. The van der Waals surface area contributed by atoms with Crippen LogP contribution in [0.4, 0.5) is 5.69 Å². The van der Waals surface area contributed by atoms with Crippen molar-refractivity contribution in [2.24, 2.45) is 10.2 Å². The van der Waals surface area contributed by atoms with Crippen molar-refractivity contribution >= 4 is 40.7 Å². The Bertz CT molecular complexity index is 1090. The van der Waals surface area contributed by atoms with Gasteiger partial charge in [0.15, 0.2) is 5.17 Å². The zero-order valence-corrected chi connectivity index (χ0v) is 17.6. The number of aliphatic carboxylic acids is 1. The summed E-state index contributed by atoms with van der Waals surface area (Å²) in [5.41, 5.74) is 1.38. The van der Waals surface area contributed by atoms with E-state index < -0.39 is 22.0 Å². The van der Waals surface area contributed by atoms with Crippen LogP contribution < -0.4 is 14.8 Å². The van der Waals surface area contributed by atoms with Crippen molar-refractivity contribution in [3.63, 3.8) is 0 Å². The van der Waals surface area contributed by atoms with Gasteiger partial charge in [-0.15, -0.1) is 5.10 Å². The number of amides is 1. The van der Waals surface area contributed by atoms with Crippen molar-refractivity contribution < 1.29 is 29.1 Å². The Balaban J connectivity index is 1.66. The van der Waals surface area contributed by atoms with Crippen LogP contribution in [0.25, 0.3) is 0 Å². The van der Waals surface area contributed by atoms with Gasteiger partial charge in [-0.3, -0.25) is 19.7 Å². The third kappa shape index (κ3) is 6.04. The number of nitrogens with one attached hydrogen (secondary N) is 1. The van der Waals surface area contributed by atoms with E-state index in [1.807, 2.05) is 0 Å². The summed E-state index contributed by atoms with van der Waals surface area (Å²) in [6.45, 7) is 0.153. The molecule has 1 aliphatic rings. The monoisotopic (exact) mass is 458 g/mol. The minimum absolute atomic E-state index is 0.0272. The van der Waals surface area contributed by atoms with Crippen LogP contribution in [-0.4, -0.2) is 45.6 Å². The van der Waals surface area contributed by atoms with Crippen LogP contribution in [0.1, 0.15) is 17.5 Å². The van der Waals surface area contributed by atoms with Crippen LogP contribution in [0.15, 0.2) is 52.7 Å². The lowest BCUT2D eigenvalue weighted by atomic mass is 10.1. The van der Waals surface area contributed by atoms with Gasteiger partial charge in [-0.1, -0.05) is 11.8 Å². The maximum atomic E-state index is 11.7. The molecule has 166 valence electrons. The maximum Gasteiger partial charge on any atom is 0.305 e. The first-order chi connectivity index (χ1) is 15.4. The second kappa shape index (κ2) is 10.4. The van der Waals surface area contributed by atoms with E-state index in [-0.39, 0.29) is 23.9 Å². The molecule has 1 aliphatic heterocycles. The Morgan fingerprint density at radius 3 is 2.72 bits per heavy atom. The molecular formula is C20H18N4O7S. The SMILES string of the molecule is COc1ccc(C=NN=C2NC(=O)C(CC(=O)O)S2)cc1COc1ccc([N+](=O)[O-])cc1. The molecule has 1 amide bonds. The van der Waals surface area contributed by atoms with E-state index in [1.54, 1.807) is 18.2 Å². The predicted octanol–water partition coefficient (Wildman–Crippen LogP) is 2.58. The van der Waals surface area contributed by atoms with Gasteiger partial charge in [0.05, 0.1) is 24.7 Å². The number of hydrogen-bond acceptors (Lipinski definition) is 9. The van der Waals surface area contributed by atoms with Crippen LogP contribution in [0.5, 0.6) is 11.5 Å². The van der Waals surface area contributed by atoms with Gasteiger partial charge in [0.25, 0.3) is 5.69 Å². The van der Waals surface area contributed by atoms with E-state index in [0.717, 1.165) is 11.8 Å². The van der Waals surface area contributed by atoms with Crippen LogP contribution in [0.2, 0.25) is 0 Å². The average Bonchev–Trinajstić information content (AvgIpc) is 3.11. The number of carboxylic acids is 1. The number of methoxy groups -OCH3 is 1. The Labute approximate surface area is 186 Å². The smallest absolute Gasteiger partial charge is 0.305 e. The first-order valence-corrected chi connectivity index (χ1v) is 10.1. The molecule has 12 heteroatoms. The molecule has 1 atom stereocenters.